The van der Waals surface area contributed by atoms with Crippen molar-refractivity contribution in [2.24, 2.45) is 11.8 Å². The topological polar surface area (TPSA) is 55.6 Å². The maximum Gasteiger partial charge on any atom is 0.348 e. The molecular formula is C25H32N2O2S. The number of nitrogen functional groups attached to an aromatic ring is 1. The Labute approximate surface area is 183 Å². The second-order valence-electron chi connectivity index (χ2n) is 8.92. The van der Waals surface area contributed by atoms with Gasteiger partial charge >= 0.3 is 5.97 Å². The fraction of sp³-hybridized carbons (Fsp3) is 0.480. The molecule has 0 atom stereocenters. The number of benzene rings is 1. The molecule has 1 fully saturated rings. The second-order valence-corrected chi connectivity index (χ2v) is 9.97. The monoisotopic (exact) mass is 424 g/mol. The van der Waals surface area contributed by atoms with E-state index in [1.807, 2.05) is 24.3 Å². The van der Waals surface area contributed by atoms with Crippen molar-refractivity contribution in [2.75, 3.05) is 33.0 Å². The fourth-order valence-electron chi connectivity index (χ4n) is 4.87. The number of hydrogen-bond acceptors (Lipinski definition) is 5. The number of nitrogens with zero attached hydrogens (tertiary/aromatic N) is 1. The molecule has 1 aliphatic heterocycles. The highest BCUT2D eigenvalue weighted by Crippen LogP contribution is 2.43. The van der Waals surface area contributed by atoms with Crippen molar-refractivity contribution in [3.8, 4) is 10.4 Å². The van der Waals surface area contributed by atoms with Gasteiger partial charge in [-0.1, -0.05) is 31.9 Å². The minimum absolute atomic E-state index is 0.236. The third kappa shape index (κ3) is 4.33. The van der Waals surface area contributed by atoms with Gasteiger partial charge in [0.25, 0.3) is 0 Å². The number of anilines is 1. The van der Waals surface area contributed by atoms with Crippen molar-refractivity contribution >= 4 is 28.6 Å². The van der Waals surface area contributed by atoms with Crippen molar-refractivity contribution in [1.29, 1.82) is 0 Å². The second kappa shape index (κ2) is 8.94. The Hall–Kier alpha value is -2.11. The van der Waals surface area contributed by atoms with Gasteiger partial charge in [-0.3, -0.25) is 0 Å². The predicted octanol–water partition coefficient (Wildman–Crippen LogP) is 5.70. The van der Waals surface area contributed by atoms with E-state index in [1.54, 1.807) is 5.57 Å². The van der Waals surface area contributed by atoms with Crippen LogP contribution in [0.3, 0.4) is 0 Å². The van der Waals surface area contributed by atoms with Crippen LogP contribution < -0.4 is 5.73 Å². The van der Waals surface area contributed by atoms with E-state index in [4.69, 9.17) is 10.5 Å². The Balaban J connectivity index is 1.80. The third-order valence-corrected chi connectivity index (χ3v) is 7.87. The lowest BCUT2D eigenvalue weighted by Crippen LogP contribution is -2.31. The van der Waals surface area contributed by atoms with Gasteiger partial charge in [0.2, 0.25) is 0 Å². The van der Waals surface area contributed by atoms with Gasteiger partial charge < -0.3 is 15.4 Å². The van der Waals surface area contributed by atoms with Crippen molar-refractivity contribution in [3.63, 3.8) is 0 Å². The quantitative estimate of drug-likeness (QED) is 0.505. The summed E-state index contributed by atoms with van der Waals surface area (Å²) in [5.74, 6) is 1.22. The van der Waals surface area contributed by atoms with Crippen LogP contribution in [0, 0.1) is 11.8 Å². The molecular weight excluding hydrogens is 392 g/mol. The summed E-state index contributed by atoms with van der Waals surface area (Å²) in [7, 11) is 3.68. The summed E-state index contributed by atoms with van der Waals surface area (Å²) in [6, 6.07) is 10.1. The van der Waals surface area contributed by atoms with Crippen LogP contribution in [0.15, 0.2) is 35.9 Å². The maximum absolute atomic E-state index is 12.7. The van der Waals surface area contributed by atoms with Crippen molar-refractivity contribution in [1.82, 2.24) is 4.90 Å². The van der Waals surface area contributed by atoms with Crippen LogP contribution in [-0.4, -0.2) is 38.1 Å². The molecule has 0 unspecified atom stereocenters. The number of hydrogen-bond donors (Lipinski definition) is 1. The van der Waals surface area contributed by atoms with Crippen LogP contribution in [0.4, 0.5) is 5.69 Å². The molecule has 1 saturated carbocycles. The molecule has 1 aliphatic carbocycles. The summed E-state index contributed by atoms with van der Waals surface area (Å²) < 4.78 is 5.17. The molecule has 0 spiro atoms. The maximum atomic E-state index is 12.7. The zero-order valence-corrected chi connectivity index (χ0v) is 19.1. The lowest BCUT2D eigenvalue weighted by atomic mass is 9.75. The van der Waals surface area contributed by atoms with Crippen LogP contribution in [0.25, 0.3) is 16.0 Å². The number of thiophene rings is 1. The standard InChI is InChI=1S/C25H32N2O2S/c1-16-4-6-17(7-5-16)22-15-27(2)13-12-20(22)21-14-23(30-24(21)25(28)29-3)18-8-10-19(26)11-9-18/h8-11,14,16-17H,4-7,12-13,15,26H2,1-3H3. The van der Waals surface area contributed by atoms with Gasteiger partial charge in [0.1, 0.15) is 4.88 Å². The average Bonchev–Trinajstić information content (AvgIpc) is 3.19. The van der Waals surface area contributed by atoms with E-state index in [0.717, 1.165) is 52.0 Å². The van der Waals surface area contributed by atoms with E-state index < -0.39 is 0 Å². The van der Waals surface area contributed by atoms with Gasteiger partial charge in [0.05, 0.1) is 7.11 Å². The Morgan fingerprint density at radius 3 is 2.53 bits per heavy atom. The third-order valence-electron chi connectivity index (χ3n) is 6.70. The summed E-state index contributed by atoms with van der Waals surface area (Å²) in [5, 5.41) is 0. The lowest BCUT2D eigenvalue weighted by Gasteiger charge is -2.35. The van der Waals surface area contributed by atoms with E-state index in [1.165, 1.54) is 49.7 Å². The molecule has 30 heavy (non-hydrogen) atoms. The van der Waals surface area contributed by atoms with E-state index >= 15 is 0 Å². The van der Waals surface area contributed by atoms with E-state index in [-0.39, 0.29) is 5.97 Å². The molecule has 1 aromatic heterocycles. The Morgan fingerprint density at radius 1 is 1.17 bits per heavy atom. The molecule has 1 aromatic carbocycles. The molecule has 2 aromatic rings. The number of carbonyl (C=O) groups excluding carboxylic acids is 1. The number of likely N-dealkylation sites (N-methyl/N-ethyl adjacent to an activating group) is 1. The Bertz CT molecular complexity index is 937. The van der Waals surface area contributed by atoms with Crippen LogP contribution in [0.5, 0.6) is 0 Å². The zero-order valence-electron chi connectivity index (χ0n) is 18.2. The lowest BCUT2D eigenvalue weighted by molar-refractivity contribution is 0.0606. The van der Waals surface area contributed by atoms with Crippen LogP contribution in [0.2, 0.25) is 0 Å². The summed E-state index contributed by atoms with van der Waals surface area (Å²) >= 11 is 1.53. The molecule has 2 N–H and O–H groups in total. The van der Waals surface area contributed by atoms with Gasteiger partial charge in [-0.25, -0.2) is 4.79 Å². The Morgan fingerprint density at radius 2 is 1.87 bits per heavy atom. The van der Waals surface area contributed by atoms with Crippen molar-refractivity contribution in [3.05, 3.63) is 46.3 Å². The van der Waals surface area contributed by atoms with E-state index in [9.17, 15) is 4.79 Å². The van der Waals surface area contributed by atoms with Gasteiger partial charge in [-0.15, -0.1) is 11.3 Å². The molecule has 2 aliphatic rings. The number of carbonyl (C=O) groups is 1. The molecule has 4 nitrogen and oxygen atoms in total. The summed E-state index contributed by atoms with van der Waals surface area (Å²) in [4.78, 5) is 16.9. The summed E-state index contributed by atoms with van der Waals surface area (Å²) in [6.07, 6.45) is 6.11. The number of methoxy groups -OCH3 is 1. The highest BCUT2D eigenvalue weighted by molar-refractivity contribution is 7.17. The number of esters is 1. The van der Waals surface area contributed by atoms with Crippen LogP contribution >= 0.6 is 11.3 Å². The van der Waals surface area contributed by atoms with Crippen LogP contribution in [0.1, 0.15) is 54.3 Å². The summed E-state index contributed by atoms with van der Waals surface area (Å²) in [6.45, 7) is 4.39. The van der Waals surface area contributed by atoms with Crippen molar-refractivity contribution in [2.45, 2.75) is 39.0 Å². The molecule has 160 valence electrons. The minimum atomic E-state index is -0.236. The number of rotatable bonds is 4. The smallest absolute Gasteiger partial charge is 0.348 e. The van der Waals surface area contributed by atoms with E-state index in [2.05, 4.69) is 24.9 Å². The normalized spacial score (nSPS) is 22.9. The molecule has 0 amide bonds. The summed E-state index contributed by atoms with van der Waals surface area (Å²) in [5.41, 5.74) is 11.7. The molecule has 0 radical (unpaired) electrons. The zero-order chi connectivity index (χ0) is 21.3. The highest BCUT2D eigenvalue weighted by atomic mass is 32.1. The SMILES string of the molecule is COC(=O)c1sc(-c2ccc(N)cc2)cc1C1=C(C2CCC(C)CC2)CN(C)CC1. The largest absolute Gasteiger partial charge is 0.465 e. The molecule has 0 bridgehead atoms. The number of nitrogens with two attached hydrogens (primary N) is 1. The predicted molar refractivity (Wildman–Crippen MR) is 126 cm³/mol. The first kappa shape index (κ1) is 21.1. The minimum Gasteiger partial charge on any atom is -0.465 e. The fourth-order valence-corrected chi connectivity index (χ4v) is 5.98. The highest BCUT2D eigenvalue weighted by Gasteiger charge is 2.30. The number of ether oxygens (including phenoxy) is 1. The van der Waals surface area contributed by atoms with Crippen molar-refractivity contribution < 1.29 is 9.53 Å². The molecule has 0 saturated heterocycles. The van der Waals surface area contributed by atoms with Gasteiger partial charge in [-0.2, -0.15) is 0 Å². The molecule has 2 heterocycles. The van der Waals surface area contributed by atoms with Gasteiger partial charge in [0.15, 0.2) is 0 Å². The molecule has 5 heteroatoms. The average molecular weight is 425 g/mol. The van der Waals surface area contributed by atoms with Gasteiger partial charge in [0, 0.05) is 29.2 Å². The first-order chi connectivity index (χ1) is 14.5. The molecule has 4 rings (SSSR count). The van der Waals surface area contributed by atoms with E-state index in [0.29, 0.717) is 5.92 Å². The Kier molecular flexibility index (Phi) is 6.30. The first-order valence-corrected chi connectivity index (χ1v) is 11.8. The van der Waals surface area contributed by atoms with Crippen LogP contribution in [-0.2, 0) is 4.74 Å². The first-order valence-electron chi connectivity index (χ1n) is 10.9. The van der Waals surface area contributed by atoms with Gasteiger partial charge in [-0.05, 0) is 73.1 Å².